The van der Waals surface area contributed by atoms with Crippen LogP contribution in [-0.4, -0.2) is 22.4 Å². The van der Waals surface area contributed by atoms with Crippen LogP contribution < -0.4 is 0 Å². The third-order valence-corrected chi connectivity index (χ3v) is 4.24. The molecule has 0 saturated carbocycles. The summed E-state index contributed by atoms with van der Waals surface area (Å²) in [6, 6.07) is 9.80. The SMILES string of the molecule is CSC(=O)C(C)C(CC(C)c1ccccc1)C(=O)O. The van der Waals surface area contributed by atoms with Crippen LogP contribution in [0.25, 0.3) is 0 Å². The smallest absolute Gasteiger partial charge is 0.307 e. The summed E-state index contributed by atoms with van der Waals surface area (Å²) < 4.78 is 0. The normalized spacial score (nSPS) is 15.5. The van der Waals surface area contributed by atoms with Crippen LogP contribution in [0.5, 0.6) is 0 Å². The number of hydrogen-bond donors (Lipinski definition) is 1. The number of hydrogen-bond acceptors (Lipinski definition) is 3. The molecule has 0 heterocycles. The minimum Gasteiger partial charge on any atom is -0.481 e. The van der Waals surface area contributed by atoms with Crippen molar-refractivity contribution in [3.63, 3.8) is 0 Å². The zero-order valence-corrected chi connectivity index (χ0v) is 12.3. The lowest BCUT2D eigenvalue weighted by atomic mass is 9.84. The summed E-state index contributed by atoms with van der Waals surface area (Å²) >= 11 is 1.10. The second-order valence-corrected chi connectivity index (χ2v) is 5.61. The van der Waals surface area contributed by atoms with E-state index in [-0.39, 0.29) is 11.0 Å². The van der Waals surface area contributed by atoms with E-state index in [9.17, 15) is 14.7 Å². The van der Waals surface area contributed by atoms with E-state index in [0.717, 1.165) is 17.3 Å². The zero-order chi connectivity index (χ0) is 14.4. The van der Waals surface area contributed by atoms with Gasteiger partial charge in [0.1, 0.15) is 0 Å². The van der Waals surface area contributed by atoms with Crippen molar-refractivity contribution in [2.24, 2.45) is 11.8 Å². The maximum atomic E-state index is 11.7. The summed E-state index contributed by atoms with van der Waals surface area (Å²) in [6.07, 6.45) is 2.17. The average molecular weight is 280 g/mol. The number of carbonyl (C=O) groups is 2. The first-order valence-corrected chi connectivity index (χ1v) is 7.55. The highest BCUT2D eigenvalue weighted by atomic mass is 32.2. The van der Waals surface area contributed by atoms with Gasteiger partial charge in [0, 0.05) is 5.92 Å². The van der Waals surface area contributed by atoms with Gasteiger partial charge in [-0.1, -0.05) is 55.9 Å². The predicted octanol–water partition coefficient (Wildman–Crippen LogP) is 3.41. The monoisotopic (exact) mass is 280 g/mol. The summed E-state index contributed by atoms with van der Waals surface area (Å²) in [5, 5.41) is 9.26. The summed E-state index contributed by atoms with van der Waals surface area (Å²) in [5.74, 6) is -1.86. The minimum absolute atomic E-state index is 0.0624. The lowest BCUT2D eigenvalue weighted by Crippen LogP contribution is -2.27. The van der Waals surface area contributed by atoms with Crippen LogP contribution in [0.1, 0.15) is 31.7 Å². The van der Waals surface area contributed by atoms with Gasteiger partial charge in [0.2, 0.25) is 0 Å². The van der Waals surface area contributed by atoms with Crippen molar-refractivity contribution in [2.75, 3.05) is 6.26 Å². The molecule has 3 nitrogen and oxygen atoms in total. The predicted molar refractivity (Wildman–Crippen MR) is 78.3 cm³/mol. The molecule has 3 unspecified atom stereocenters. The Morgan fingerprint density at radius 1 is 1.21 bits per heavy atom. The molecule has 0 spiro atoms. The molecular weight excluding hydrogens is 260 g/mol. The number of carbonyl (C=O) groups excluding carboxylic acids is 1. The van der Waals surface area contributed by atoms with Crippen LogP contribution >= 0.6 is 11.8 Å². The molecule has 0 aliphatic carbocycles. The van der Waals surface area contributed by atoms with Gasteiger partial charge >= 0.3 is 5.97 Å². The van der Waals surface area contributed by atoms with E-state index in [0.29, 0.717) is 6.42 Å². The van der Waals surface area contributed by atoms with Crippen LogP contribution in [0.4, 0.5) is 0 Å². The van der Waals surface area contributed by atoms with E-state index in [1.165, 1.54) is 0 Å². The Morgan fingerprint density at radius 3 is 2.26 bits per heavy atom. The fraction of sp³-hybridized carbons (Fsp3) is 0.467. The van der Waals surface area contributed by atoms with Crippen molar-refractivity contribution in [2.45, 2.75) is 26.2 Å². The average Bonchev–Trinajstić information content (AvgIpc) is 2.43. The van der Waals surface area contributed by atoms with Gasteiger partial charge in [0.05, 0.1) is 5.92 Å². The highest BCUT2D eigenvalue weighted by molar-refractivity contribution is 8.13. The van der Waals surface area contributed by atoms with E-state index < -0.39 is 17.8 Å². The second-order valence-electron chi connectivity index (χ2n) is 4.80. The molecule has 4 heteroatoms. The summed E-state index contributed by atoms with van der Waals surface area (Å²) in [6.45, 7) is 3.71. The number of carboxylic acid groups (broad SMARTS) is 1. The van der Waals surface area contributed by atoms with E-state index in [1.54, 1.807) is 13.2 Å². The van der Waals surface area contributed by atoms with Gasteiger partial charge in [-0.15, -0.1) is 0 Å². The second kappa shape index (κ2) is 7.34. The number of carboxylic acids is 1. The molecule has 0 aliphatic heterocycles. The minimum atomic E-state index is -0.891. The molecule has 1 rings (SSSR count). The topological polar surface area (TPSA) is 54.4 Å². The van der Waals surface area contributed by atoms with Gasteiger partial charge in [0.25, 0.3) is 0 Å². The first kappa shape index (κ1) is 15.8. The molecule has 1 N–H and O–H groups in total. The molecule has 1 aromatic rings. The van der Waals surface area contributed by atoms with Crippen molar-refractivity contribution < 1.29 is 14.7 Å². The van der Waals surface area contributed by atoms with Crippen LogP contribution in [-0.2, 0) is 9.59 Å². The van der Waals surface area contributed by atoms with Crippen LogP contribution in [0.15, 0.2) is 30.3 Å². The van der Waals surface area contributed by atoms with E-state index in [4.69, 9.17) is 0 Å². The number of rotatable bonds is 6. The van der Waals surface area contributed by atoms with E-state index >= 15 is 0 Å². The molecule has 3 atom stereocenters. The Bertz CT molecular complexity index is 430. The Balaban J connectivity index is 2.79. The molecule has 0 bridgehead atoms. The number of benzene rings is 1. The van der Waals surface area contributed by atoms with Crippen molar-refractivity contribution in [1.29, 1.82) is 0 Å². The maximum Gasteiger partial charge on any atom is 0.307 e. The van der Waals surface area contributed by atoms with Gasteiger partial charge in [-0.2, -0.15) is 0 Å². The first-order valence-electron chi connectivity index (χ1n) is 6.33. The van der Waals surface area contributed by atoms with Gasteiger partial charge in [-0.3, -0.25) is 9.59 Å². The molecule has 0 saturated heterocycles. The zero-order valence-electron chi connectivity index (χ0n) is 11.5. The van der Waals surface area contributed by atoms with Crippen molar-refractivity contribution in [1.82, 2.24) is 0 Å². The van der Waals surface area contributed by atoms with E-state index in [2.05, 4.69) is 0 Å². The fourth-order valence-corrected chi connectivity index (χ4v) is 2.70. The third kappa shape index (κ3) is 4.39. The summed E-state index contributed by atoms with van der Waals surface area (Å²) in [4.78, 5) is 23.0. The highest BCUT2D eigenvalue weighted by Gasteiger charge is 2.31. The number of thioether (sulfide) groups is 1. The molecule has 0 fully saturated rings. The summed E-state index contributed by atoms with van der Waals surface area (Å²) in [5.41, 5.74) is 1.11. The largest absolute Gasteiger partial charge is 0.481 e. The molecule has 0 radical (unpaired) electrons. The Labute approximate surface area is 118 Å². The Hall–Kier alpha value is -1.29. The maximum absolute atomic E-state index is 11.7. The van der Waals surface area contributed by atoms with Gasteiger partial charge < -0.3 is 5.11 Å². The molecule has 0 amide bonds. The van der Waals surface area contributed by atoms with E-state index in [1.807, 2.05) is 37.3 Å². The van der Waals surface area contributed by atoms with Gasteiger partial charge in [-0.05, 0) is 24.2 Å². The van der Waals surface area contributed by atoms with Gasteiger partial charge in [-0.25, -0.2) is 0 Å². The van der Waals surface area contributed by atoms with Crippen molar-refractivity contribution in [3.05, 3.63) is 35.9 Å². The molecular formula is C15H20O3S. The van der Waals surface area contributed by atoms with Gasteiger partial charge in [0.15, 0.2) is 5.12 Å². The molecule has 0 aromatic heterocycles. The standard InChI is InChI=1S/C15H20O3S/c1-10(12-7-5-4-6-8-12)9-13(14(16)17)11(2)15(18)19-3/h4-8,10-11,13H,9H2,1-3H3,(H,16,17). The lowest BCUT2D eigenvalue weighted by Gasteiger charge is -2.22. The lowest BCUT2D eigenvalue weighted by molar-refractivity contribution is -0.145. The van der Waals surface area contributed by atoms with Crippen LogP contribution in [0.3, 0.4) is 0 Å². The number of aliphatic carboxylic acids is 1. The Kier molecular flexibility index (Phi) is 6.09. The Morgan fingerprint density at radius 2 is 1.79 bits per heavy atom. The fourth-order valence-electron chi connectivity index (χ4n) is 2.17. The van der Waals surface area contributed by atoms with Crippen molar-refractivity contribution in [3.8, 4) is 0 Å². The first-order chi connectivity index (χ1) is 8.97. The highest BCUT2D eigenvalue weighted by Crippen LogP contribution is 2.29. The van der Waals surface area contributed by atoms with Crippen LogP contribution in [0.2, 0.25) is 0 Å². The quantitative estimate of drug-likeness (QED) is 0.867. The molecule has 0 aliphatic rings. The van der Waals surface area contributed by atoms with Crippen molar-refractivity contribution >= 4 is 22.8 Å². The third-order valence-electron chi connectivity index (χ3n) is 3.47. The van der Waals surface area contributed by atoms with Crippen LogP contribution in [0, 0.1) is 11.8 Å². The summed E-state index contributed by atoms with van der Waals surface area (Å²) in [7, 11) is 0. The molecule has 104 valence electrons. The molecule has 1 aromatic carbocycles. The molecule has 19 heavy (non-hydrogen) atoms.